The molecule has 0 amide bonds. The Labute approximate surface area is 209 Å². The van der Waals surface area contributed by atoms with E-state index in [1.54, 1.807) is 4.68 Å². The number of para-hydroxylation sites is 1. The Hall–Kier alpha value is -3.39. The summed E-state index contributed by atoms with van der Waals surface area (Å²) in [6, 6.07) is 16.5. The number of hydrogen-bond donors (Lipinski definition) is 1. The van der Waals surface area contributed by atoms with Gasteiger partial charge in [0.1, 0.15) is 11.8 Å². The summed E-state index contributed by atoms with van der Waals surface area (Å²) in [6.45, 7) is 6.67. The molecule has 0 saturated heterocycles. The van der Waals surface area contributed by atoms with E-state index in [2.05, 4.69) is 19.2 Å². The van der Waals surface area contributed by atoms with Gasteiger partial charge in [-0.3, -0.25) is 9.59 Å². The van der Waals surface area contributed by atoms with Crippen LogP contribution in [0.2, 0.25) is 0 Å². The summed E-state index contributed by atoms with van der Waals surface area (Å²) in [5.74, 6) is 1.65. The fourth-order valence-corrected chi connectivity index (χ4v) is 5.49. The highest BCUT2D eigenvalue weighted by atomic mass is 32.2. The molecule has 1 aliphatic carbocycles. The minimum Gasteiger partial charge on any atom is -0.494 e. The highest BCUT2D eigenvalue weighted by Gasteiger charge is 2.42. The number of aromatic nitrogens is 3. The van der Waals surface area contributed by atoms with E-state index >= 15 is 0 Å². The summed E-state index contributed by atoms with van der Waals surface area (Å²) in [5.41, 5.74) is 3.00. The summed E-state index contributed by atoms with van der Waals surface area (Å²) >= 11 is 1.30. The van der Waals surface area contributed by atoms with Crippen LogP contribution in [0.3, 0.4) is 0 Å². The van der Waals surface area contributed by atoms with Gasteiger partial charge in [-0.05, 0) is 24.8 Å². The van der Waals surface area contributed by atoms with Crippen molar-refractivity contribution in [2.24, 2.45) is 5.41 Å². The maximum absolute atomic E-state index is 13.4. The van der Waals surface area contributed by atoms with Crippen LogP contribution in [0.4, 0.5) is 5.95 Å². The predicted molar refractivity (Wildman–Crippen MR) is 136 cm³/mol. The summed E-state index contributed by atoms with van der Waals surface area (Å²) < 4.78 is 7.70. The fourth-order valence-electron chi connectivity index (χ4n) is 4.77. The molecule has 0 unspecified atom stereocenters. The van der Waals surface area contributed by atoms with Crippen LogP contribution in [0, 0.1) is 5.41 Å². The van der Waals surface area contributed by atoms with E-state index in [4.69, 9.17) is 14.8 Å². The van der Waals surface area contributed by atoms with Crippen molar-refractivity contribution < 1.29 is 14.3 Å². The predicted octanol–water partition coefficient (Wildman–Crippen LogP) is 5.31. The maximum atomic E-state index is 13.4. The third kappa shape index (κ3) is 4.62. The van der Waals surface area contributed by atoms with Crippen LogP contribution in [0.25, 0.3) is 0 Å². The lowest BCUT2D eigenvalue weighted by atomic mass is 9.73. The van der Waals surface area contributed by atoms with E-state index in [-0.39, 0.29) is 22.7 Å². The van der Waals surface area contributed by atoms with E-state index < -0.39 is 6.04 Å². The summed E-state index contributed by atoms with van der Waals surface area (Å²) in [7, 11) is 0. The zero-order valence-electron chi connectivity index (χ0n) is 20.1. The molecule has 0 saturated carbocycles. The van der Waals surface area contributed by atoms with E-state index in [1.165, 1.54) is 11.8 Å². The van der Waals surface area contributed by atoms with Crippen molar-refractivity contribution in [2.45, 2.75) is 44.8 Å². The van der Waals surface area contributed by atoms with Crippen LogP contribution < -0.4 is 10.1 Å². The van der Waals surface area contributed by atoms with Crippen molar-refractivity contribution in [3.63, 3.8) is 0 Å². The number of fused-ring (bicyclic) bond motifs is 1. The number of rotatable bonds is 7. The lowest BCUT2D eigenvalue weighted by Crippen LogP contribution is -2.36. The quantitative estimate of drug-likeness (QED) is 0.356. The molecule has 5 rings (SSSR count). The van der Waals surface area contributed by atoms with E-state index in [9.17, 15) is 9.59 Å². The summed E-state index contributed by atoms with van der Waals surface area (Å²) in [4.78, 5) is 30.7. The summed E-state index contributed by atoms with van der Waals surface area (Å²) in [6.07, 6.45) is 1.21. The number of anilines is 1. The molecular formula is C27H28N4O3S. The Morgan fingerprint density at radius 2 is 1.89 bits per heavy atom. The topological polar surface area (TPSA) is 86.1 Å². The van der Waals surface area contributed by atoms with Crippen LogP contribution in [-0.2, 0) is 4.79 Å². The molecule has 0 spiro atoms. The fraction of sp³-hybridized carbons (Fsp3) is 0.333. The number of carbonyl (C=O) groups excluding carboxylic acids is 2. The number of benzene rings is 2. The molecule has 35 heavy (non-hydrogen) atoms. The first-order valence-corrected chi connectivity index (χ1v) is 12.8. The van der Waals surface area contributed by atoms with Gasteiger partial charge in [0, 0.05) is 28.8 Å². The number of hydrogen-bond acceptors (Lipinski definition) is 7. The molecule has 1 N–H and O–H groups in total. The second-order valence-corrected chi connectivity index (χ2v) is 10.5. The number of thioether (sulfide) groups is 1. The zero-order valence-corrected chi connectivity index (χ0v) is 20.9. The van der Waals surface area contributed by atoms with E-state index in [0.29, 0.717) is 35.3 Å². The highest BCUT2D eigenvalue weighted by Crippen LogP contribution is 2.47. The third-order valence-electron chi connectivity index (χ3n) is 6.25. The third-order valence-corrected chi connectivity index (χ3v) is 7.09. The van der Waals surface area contributed by atoms with Crippen LogP contribution in [0.5, 0.6) is 5.75 Å². The van der Waals surface area contributed by atoms with Crippen molar-refractivity contribution in [1.29, 1.82) is 0 Å². The van der Waals surface area contributed by atoms with Crippen molar-refractivity contribution in [3.05, 3.63) is 77.0 Å². The van der Waals surface area contributed by atoms with Crippen molar-refractivity contribution in [1.82, 2.24) is 14.8 Å². The molecule has 1 aliphatic heterocycles. The molecule has 0 radical (unpaired) electrons. The summed E-state index contributed by atoms with van der Waals surface area (Å²) in [5, 5.41) is 8.62. The minimum absolute atomic E-state index is 0.0175. The van der Waals surface area contributed by atoms with Crippen molar-refractivity contribution >= 4 is 29.3 Å². The van der Waals surface area contributed by atoms with Gasteiger partial charge < -0.3 is 10.1 Å². The molecule has 2 aliphatic rings. The number of Topliss-reactive ketones (excluding diaryl/α,β-unsaturated/α-hetero) is 2. The molecule has 2 aromatic carbocycles. The van der Waals surface area contributed by atoms with Gasteiger partial charge >= 0.3 is 0 Å². The van der Waals surface area contributed by atoms with Gasteiger partial charge in [0.15, 0.2) is 11.6 Å². The van der Waals surface area contributed by atoms with Gasteiger partial charge in [-0.1, -0.05) is 74.1 Å². The standard InChI is InChI=1S/C27H28N4O3S/c1-4-34-22-13-9-8-12-18(22)24-23-19(14-27(2,3)15-20(23)32)28-25-29-26(30-31(24)25)35-16-21(33)17-10-6-5-7-11-17/h5-13,24H,4,14-16H2,1-3H3,(H,28,29,30)/t24-/m0/s1. The maximum Gasteiger partial charge on any atom is 0.227 e. The van der Waals surface area contributed by atoms with Gasteiger partial charge in [-0.15, -0.1) is 5.10 Å². The van der Waals surface area contributed by atoms with Gasteiger partial charge in [0.2, 0.25) is 11.1 Å². The van der Waals surface area contributed by atoms with Crippen LogP contribution >= 0.6 is 11.8 Å². The molecule has 1 atom stereocenters. The first-order valence-electron chi connectivity index (χ1n) is 11.8. The first kappa shape index (κ1) is 23.4. The number of ether oxygens (including phenoxy) is 1. The van der Waals surface area contributed by atoms with Gasteiger partial charge in [0.25, 0.3) is 0 Å². The second kappa shape index (κ2) is 9.34. The molecule has 7 nitrogen and oxygen atoms in total. The van der Waals surface area contributed by atoms with Crippen LogP contribution in [0.1, 0.15) is 55.6 Å². The SMILES string of the molecule is CCOc1ccccc1[C@H]1C2=C(CC(C)(C)CC2=O)Nc2nc(SCC(=O)c3ccccc3)nn21. The lowest BCUT2D eigenvalue weighted by Gasteiger charge is -2.38. The smallest absolute Gasteiger partial charge is 0.227 e. The monoisotopic (exact) mass is 488 g/mol. The van der Waals surface area contributed by atoms with Crippen LogP contribution in [0.15, 0.2) is 71.0 Å². The highest BCUT2D eigenvalue weighted by molar-refractivity contribution is 7.99. The molecular weight excluding hydrogens is 460 g/mol. The van der Waals surface area contributed by atoms with Gasteiger partial charge in [-0.2, -0.15) is 4.98 Å². The zero-order chi connectivity index (χ0) is 24.6. The number of ketones is 2. The van der Waals surface area contributed by atoms with Crippen molar-refractivity contribution in [2.75, 3.05) is 17.7 Å². The Kier molecular flexibility index (Phi) is 6.23. The number of carbonyl (C=O) groups is 2. The molecule has 1 aromatic heterocycles. The number of nitrogens with one attached hydrogen (secondary N) is 1. The van der Waals surface area contributed by atoms with E-state index in [0.717, 1.165) is 23.4 Å². The average Bonchev–Trinajstić information content (AvgIpc) is 3.24. The molecule has 0 bridgehead atoms. The van der Waals surface area contributed by atoms with Gasteiger partial charge in [-0.25, -0.2) is 4.68 Å². The molecule has 0 fully saturated rings. The molecule has 180 valence electrons. The van der Waals surface area contributed by atoms with Crippen LogP contribution in [-0.4, -0.2) is 38.7 Å². The molecule has 2 heterocycles. The Balaban J connectivity index is 1.52. The number of nitrogens with zero attached hydrogens (tertiary/aromatic N) is 3. The molecule has 3 aromatic rings. The normalized spacial score (nSPS) is 18.5. The number of allylic oxidation sites excluding steroid dienone is 2. The molecule has 8 heteroatoms. The Morgan fingerprint density at radius 1 is 1.14 bits per heavy atom. The van der Waals surface area contributed by atoms with Crippen molar-refractivity contribution in [3.8, 4) is 5.75 Å². The average molecular weight is 489 g/mol. The minimum atomic E-state index is -0.445. The Morgan fingerprint density at radius 3 is 2.66 bits per heavy atom. The Bertz CT molecular complexity index is 1310. The van der Waals surface area contributed by atoms with E-state index in [1.807, 2.05) is 61.5 Å². The lowest BCUT2D eigenvalue weighted by molar-refractivity contribution is -0.118. The second-order valence-electron chi connectivity index (χ2n) is 9.57. The van der Waals surface area contributed by atoms with Gasteiger partial charge in [0.05, 0.1) is 12.4 Å². The largest absolute Gasteiger partial charge is 0.494 e. The first-order chi connectivity index (χ1) is 16.9.